The van der Waals surface area contributed by atoms with Gasteiger partial charge in [0.15, 0.2) is 5.82 Å². The second kappa shape index (κ2) is 7.09. The highest BCUT2D eigenvalue weighted by Crippen LogP contribution is 2.17. The van der Waals surface area contributed by atoms with Crippen LogP contribution in [0.2, 0.25) is 0 Å². The maximum absolute atomic E-state index is 11.2. The lowest BCUT2D eigenvalue weighted by Crippen LogP contribution is -2.08. The zero-order valence-electron chi connectivity index (χ0n) is 14.0. The number of aromatic nitrogens is 4. The molecule has 1 aromatic carbocycles. The Labute approximate surface area is 145 Å². The summed E-state index contributed by atoms with van der Waals surface area (Å²) in [5, 5.41) is 13.5. The SMILES string of the molecule is CC(C)c1nc(/C=C/c2cnn(-c3ccccc3)c2)ncc1C(=O)O. The number of hydrogen-bond acceptors (Lipinski definition) is 4. The van der Waals surface area contributed by atoms with Gasteiger partial charge in [0.05, 0.1) is 23.1 Å². The van der Waals surface area contributed by atoms with Crippen LogP contribution >= 0.6 is 0 Å². The van der Waals surface area contributed by atoms with Crippen molar-refractivity contribution >= 4 is 18.1 Å². The molecule has 0 saturated carbocycles. The predicted molar refractivity (Wildman–Crippen MR) is 95.6 cm³/mol. The van der Waals surface area contributed by atoms with Crippen LogP contribution < -0.4 is 0 Å². The second-order valence-electron chi connectivity index (χ2n) is 5.87. The second-order valence-corrected chi connectivity index (χ2v) is 5.87. The van der Waals surface area contributed by atoms with E-state index in [4.69, 9.17) is 0 Å². The van der Waals surface area contributed by atoms with Crippen molar-refractivity contribution in [3.63, 3.8) is 0 Å². The molecule has 6 nitrogen and oxygen atoms in total. The third-order valence-electron chi connectivity index (χ3n) is 3.66. The molecule has 0 aliphatic rings. The molecule has 2 heterocycles. The van der Waals surface area contributed by atoms with Crippen LogP contribution in [0.4, 0.5) is 0 Å². The Hall–Kier alpha value is -3.28. The molecule has 0 amide bonds. The summed E-state index contributed by atoms with van der Waals surface area (Å²) in [5.74, 6) is -0.536. The third kappa shape index (κ3) is 3.80. The van der Waals surface area contributed by atoms with E-state index in [0.29, 0.717) is 11.5 Å². The van der Waals surface area contributed by atoms with Gasteiger partial charge in [-0.05, 0) is 30.2 Å². The van der Waals surface area contributed by atoms with Gasteiger partial charge in [-0.2, -0.15) is 5.10 Å². The van der Waals surface area contributed by atoms with Crippen molar-refractivity contribution < 1.29 is 9.90 Å². The van der Waals surface area contributed by atoms with Crippen molar-refractivity contribution in [1.82, 2.24) is 19.7 Å². The first kappa shape index (κ1) is 16.6. The van der Waals surface area contributed by atoms with Gasteiger partial charge in [-0.15, -0.1) is 0 Å². The monoisotopic (exact) mass is 334 g/mol. The molecule has 0 atom stereocenters. The predicted octanol–water partition coefficient (Wildman–Crippen LogP) is 3.65. The summed E-state index contributed by atoms with van der Waals surface area (Å²) >= 11 is 0. The van der Waals surface area contributed by atoms with Gasteiger partial charge in [0.1, 0.15) is 0 Å². The maximum atomic E-state index is 11.2. The summed E-state index contributed by atoms with van der Waals surface area (Å²) in [7, 11) is 0. The summed E-state index contributed by atoms with van der Waals surface area (Å²) in [6.07, 6.45) is 8.62. The van der Waals surface area contributed by atoms with Crippen LogP contribution in [0.3, 0.4) is 0 Å². The van der Waals surface area contributed by atoms with Gasteiger partial charge >= 0.3 is 5.97 Å². The van der Waals surface area contributed by atoms with Crippen molar-refractivity contribution in [3.05, 3.63) is 71.6 Å². The van der Waals surface area contributed by atoms with Crippen molar-refractivity contribution in [2.45, 2.75) is 19.8 Å². The highest BCUT2D eigenvalue weighted by atomic mass is 16.4. The summed E-state index contributed by atoms with van der Waals surface area (Å²) in [6, 6.07) is 9.82. The molecule has 3 aromatic rings. The van der Waals surface area contributed by atoms with E-state index in [1.807, 2.05) is 56.5 Å². The number of benzene rings is 1. The van der Waals surface area contributed by atoms with Crippen LogP contribution in [0, 0.1) is 0 Å². The number of rotatable bonds is 5. The first-order valence-electron chi connectivity index (χ1n) is 7.93. The van der Waals surface area contributed by atoms with Gasteiger partial charge in [-0.1, -0.05) is 32.0 Å². The van der Waals surface area contributed by atoms with Crippen LogP contribution in [-0.4, -0.2) is 30.8 Å². The number of carboxylic acids is 1. The smallest absolute Gasteiger partial charge is 0.339 e. The largest absolute Gasteiger partial charge is 0.478 e. The Morgan fingerprint density at radius 1 is 1.16 bits per heavy atom. The molecule has 0 spiro atoms. The maximum Gasteiger partial charge on any atom is 0.339 e. The van der Waals surface area contributed by atoms with Crippen LogP contribution in [0.15, 0.2) is 48.9 Å². The molecule has 0 saturated heterocycles. The van der Waals surface area contributed by atoms with E-state index in [1.165, 1.54) is 6.20 Å². The third-order valence-corrected chi connectivity index (χ3v) is 3.66. The molecule has 1 N–H and O–H groups in total. The Morgan fingerprint density at radius 3 is 2.60 bits per heavy atom. The molecule has 2 aromatic heterocycles. The quantitative estimate of drug-likeness (QED) is 0.770. The van der Waals surface area contributed by atoms with Crippen molar-refractivity contribution in [2.24, 2.45) is 0 Å². The molecule has 126 valence electrons. The zero-order chi connectivity index (χ0) is 17.8. The average molecular weight is 334 g/mol. The number of para-hydroxylation sites is 1. The standard InChI is InChI=1S/C19H18N4O2/c1-13(2)18-16(19(24)25)11-20-17(22-18)9-8-14-10-21-23(12-14)15-6-4-3-5-7-15/h3-13H,1-2H3,(H,24,25)/b9-8+. The van der Waals surface area contributed by atoms with E-state index < -0.39 is 5.97 Å². The first-order valence-corrected chi connectivity index (χ1v) is 7.93. The fourth-order valence-electron chi connectivity index (χ4n) is 2.41. The molecule has 0 radical (unpaired) electrons. The number of carboxylic acid groups (broad SMARTS) is 1. The van der Waals surface area contributed by atoms with E-state index >= 15 is 0 Å². The molecular weight excluding hydrogens is 316 g/mol. The fraction of sp³-hybridized carbons (Fsp3) is 0.158. The van der Waals surface area contributed by atoms with E-state index in [1.54, 1.807) is 17.0 Å². The summed E-state index contributed by atoms with van der Waals surface area (Å²) in [5.41, 5.74) is 2.55. The topological polar surface area (TPSA) is 80.9 Å². The van der Waals surface area contributed by atoms with Crippen molar-refractivity contribution in [3.8, 4) is 5.69 Å². The number of carbonyl (C=O) groups is 1. The van der Waals surface area contributed by atoms with E-state index in [2.05, 4.69) is 15.1 Å². The summed E-state index contributed by atoms with van der Waals surface area (Å²) < 4.78 is 1.79. The van der Waals surface area contributed by atoms with Gasteiger partial charge in [-0.25, -0.2) is 19.4 Å². The first-order chi connectivity index (χ1) is 12.0. The van der Waals surface area contributed by atoms with E-state index in [9.17, 15) is 9.90 Å². The molecule has 3 rings (SSSR count). The van der Waals surface area contributed by atoms with Crippen LogP contribution in [-0.2, 0) is 0 Å². The molecule has 25 heavy (non-hydrogen) atoms. The Morgan fingerprint density at radius 2 is 1.92 bits per heavy atom. The zero-order valence-corrected chi connectivity index (χ0v) is 14.0. The molecule has 0 fully saturated rings. The van der Waals surface area contributed by atoms with Crippen LogP contribution in [0.25, 0.3) is 17.8 Å². The molecule has 0 unspecified atom stereocenters. The van der Waals surface area contributed by atoms with Crippen LogP contribution in [0.1, 0.15) is 47.2 Å². The molecule has 0 aliphatic heterocycles. The van der Waals surface area contributed by atoms with Gasteiger partial charge in [0.2, 0.25) is 0 Å². The number of hydrogen-bond donors (Lipinski definition) is 1. The van der Waals surface area contributed by atoms with Crippen molar-refractivity contribution in [1.29, 1.82) is 0 Å². The lowest BCUT2D eigenvalue weighted by Gasteiger charge is -2.08. The molecule has 0 aliphatic carbocycles. The highest BCUT2D eigenvalue weighted by molar-refractivity contribution is 5.88. The number of nitrogens with zero attached hydrogens (tertiary/aromatic N) is 4. The van der Waals surface area contributed by atoms with E-state index in [0.717, 1.165) is 11.3 Å². The van der Waals surface area contributed by atoms with Gasteiger partial charge in [0, 0.05) is 18.0 Å². The molecule has 0 bridgehead atoms. The highest BCUT2D eigenvalue weighted by Gasteiger charge is 2.15. The minimum absolute atomic E-state index is 0.00193. The Bertz CT molecular complexity index is 914. The number of aromatic carboxylic acids is 1. The Balaban J connectivity index is 1.84. The minimum Gasteiger partial charge on any atom is -0.478 e. The minimum atomic E-state index is -1.01. The molecular formula is C19H18N4O2. The van der Waals surface area contributed by atoms with E-state index in [-0.39, 0.29) is 11.5 Å². The van der Waals surface area contributed by atoms with Gasteiger partial charge in [-0.3, -0.25) is 0 Å². The average Bonchev–Trinajstić information content (AvgIpc) is 3.09. The van der Waals surface area contributed by atoms with Gasteiger partial charge < -0.3 is 5.11 Å². The van der Waals surface area contributed by atoms with Gasteiger partial charge in [0.25, 0.3) is 0 Å². The lowest BCUT2D eigenvalue weighted by atomic mass is 10.1. The summed E-state index contributed by atoms with van der Waals surface area (Å²) in [6.45, 7) is 3.82. The Kier molecular flexibility index (Phi) is 4.70. The lowest BCUT2D eigenvalue weighted by molar-refractivity contribution is 0.0694. The summed E-state index contributed by atoms with van der Waals surface area (Å²) in [4.78, 5) is 19.7. The van der Waals surface area contributed by atoms with Crippen LogP contribution in [0.5, 0.6) is 0 Å². The molecule has 6 heteroatoms. The normalized spacial score (nSPS) is 11.3. The fourth-order valence-corrected chi connectivity index (χ4v) is 2.41. The van der Waals surface area contributed by atoms with Crippen molar-refractivity contribution in [2.75, 3.05) is 0 Å².